The van der Waals surface area contributed by atoms with Crippen molar-refractivity contribution in [3.63, 3.8) is 0 Å². The summed E-state index contributed by atoms with van der Waals surface area (Å²) in [6, 6.07) is 0. The van der Waals surface area contributed by atoms with Crippen LogP contribution in [0.1, 0.15) is 0 Å². The van der Waals surface area contributed by atoms with E-state index >= 15 is 0 Å². The number of hydrogen-bond acceptors (Lipinski definition) is 6. The molecule has 0 aromatic carbocycles. The van der Waals surface area contributed by atoms with E-state index in [1.165, 1.54) is 6.33 Å². The molecule has 100 valence electrons. The van der Waals surface area contributed by atoms with Crippen molar-refractivity contribution in [2.75, 3.05) is 25.0 Å². The van der Waals surface area contributed by atoms with Gasteiger partial charge < -0.3 is 15.0 Å². The fraction of sp³-hybridized carbons (Fsp3) is 0.400. The number of rotatable bonds is 2. The maximum atomic E-state index is 11.9. The second-order valence-corrected chi connectivity index (χ2v) is 4.35. The molecule has 2 aromatic rings. The average molecular weight is 283 g/mol. The van der Waals surface area contributed by atoms with Gasteiger partial charge in [0.15, 0.2) is 10.8 Å². The number of morpholine rings is 1. The number of anilines is 1. The maximum absolute atomic E-state index is 11.9. The predicted octanol–water partition coefficient (Wildman–Crippen LogP) is -0.0668. The van der Waals surface area contributed by atoms with Crippen LogP contribution in [0.3, 0.4) is 0 Å². The first kappa shape index (κ1) is 12.3. The van der Waals surface area contributed by atoms with Gasteiger partial charge in [0.25, 0.3) is 5.91 Å². The van der Waals surface area contributed by atoms with Gasteiger partial charge in [0.05, 0.1) is 12.9 Å². The van der Waals surface area contributed by atoms with Crippen molar-refractivity contribution in [2.24, 2.45) is 0 Å². The number of halogens is 1. The zero-order valence-corrected chi connectivity index (χ0v) is 10.6. The lowest BCUT2D eigenvalue weighted by atomic mass is 10.3. The number of imidazole rings is 1. The lowest BCUT2D eigenvalue weighted by Gasteiger charge is -2.22. The Morgan fingerprint density at radius 1 is 1.53 bits per heavy atom. The lowest BCUT2D eigenvalue weighted by molar-refractivity contribution is -0.128. The topological polar surface area (TPSA) is 105 Å². The molecule has 1 amide bonds. The minimum absolute atomic E-state index is 0.115. The van der Waals surface area contributed by atoms with E-state index in [1.807, 2.05) is 0 Å². The van der Waals surface area contributed by atoms with Gasteiger partial charge in [-0.1, -0.05) is 11.6 Å². The van der Waals surface area contributed by atoms with Crippen molar-refractivity contribution < 1.29 is 9.53 Å². The van der Waals surface area contributed by atoms with Crippen LogP contribution in [-0.4, -0.2) is 51.6 Å². The molecule has 0 spiro atoms. The lowest BCUT2D eigenvalue weighted by Crippen LogP contribution is -2.45. The normalized spacial score (nSPS) is 19.5. The number of carbonyl (C=O) groups excluding carboxylic acids is 1. The summed E-state index contributed by atoms with van der Waals surface area (Å²) < 4.78 is 5.33. The van der Waals surface area contributed by atoms with Gasteiger partial charge in [-0.05, 0) is 0 Å². The van der Waals surface area contributed by atoms with E-state index in [4.69, 9.17) is 16.3 Å². The molecule has 2 aromatic heterocycles. The molecule has 1 aliphatic heterocycles. The SMILES string of the molecule is O=C(Nc1nc(Cl)c2[nH]cnc2n1)C1CNCCO1. The van der Waals surface area contributed by atoms with E-state index in [-0.39, 0.29) is 17.0 Å². The second kappa shape index (κ2) is 5.08. The van der Waals surface area contributed by atoms with E-state index in [9.17, 15) is 4.79 Å². The molecule has 3 rings (SSSR count). The van der Waals surface area contributed by atoms with Gasteiger partial charge in [0.1, 0.15) is 11.6 Å². The molecule has 1 saturated heterocycles. The number of ether oxygens (including phenoxy) is 1. The number of fused-ring (bicyclic) bond motifs is 1. The molecule has 3 heterocycles. The highest BCUT2D eigenvalue weighted by atomic mass is 35.5. The average Bonchev–Trinajstić information content (AvgIpc) is 2.88. The molecule has 3 N–H and O–H groups in total. The molecular formula is C10H11ClN6O2. The summed E-state index contributed by atoms with van der Waals surface area (Å²) in [4.78, 5) is 26.8. The summed E-state index contributed by atoms with van der Waals surface area (Å²) in [6.45, 7) is 1.70. The van der Waals surface area contributed by atoms with E-state index in [0.29, 0.717) is 24.3 Å². The first-order valence-electron chi connectivity index (χ1n) is 5.74. The Labute approximate surface area is 112 Å². The summed E-state index contributed by atoms with van der Waals surface area (Å²) in [7, 11) is 0. The summed E-state index contributed by atoms with van der Waals surface area (Å²) in [5.41, 5.74) is 0.938. The Kier molecular flexibility index (Phi) is 3.28. The van der Waals surface area contributed by atoms with E-state index in [2.05, 4.69) is 30.6 Å². The number of hydrogen-bond donors (Lipinski definition) is 3. The molecule has 1 fully saturated rings. The smallest absolute Gasteiger partial charge is 0.257 e. The fourth-order valence-electron chi connectivity index (χ4n) is 1.78. The molecule has 1 atom stereocenters. The van der Waals surface area contributed by atoms with E-state index in [1.54, 1.807) is 0 Å². The Morgan fingerprint density at radius 2 is 2.42 bits per heavy atom. The van der Waals surface area contributed by atoms with Gasteiger partial charge in [-0.2, -0.15) is 9.97 Å². The quantitative estimate of drug-likeness (QED) is 0.666. The largest absolute Gasteiger partial charge is 0.366 e. The number of aromatic nitrogens is 4. The Hall–Kier alpha value is -1.77. The number of nitrogens with one attached hydrogen (secondary N) is 3. The van der Waals surface area contributed by atoms with Crippen LogP contribution in [0.2, 0.25) is 5.15 Å². The standard InChI is InChI=1S/C10H11ClN6O2/c11-7-6-8(14-4-13-6)16-10(15-7)17-9(18)5-3-12-1-2-19-5/h4-5,12H,1-3H2,(H2,13,14,15,16,17,18). The maximum Gasteiger partial charge on any atom is 0.257 e. The van der Waals surface area contributed by atoms with Crippen molar-refractivity contribution in [2.45, 2.75) is 6.10 Å². The van der Waals surface area contributed by atoms with Crippen molar-refractivity contribution in [3.8, 4) is 0 Å². The van der Waals surface area contributed by atoms with E-state index in [0.717, 1.165) is 6.54 Å². The molecule has 0 radical (unpaired) electrons. The third-order valence-corrected chi connectivity index (χ3v) is 2.97. The Balaban J connectivity index is 1.78. The first-order chi connectivity index (χ1) is 9.24. The minimum atomic E-state index is -0.550. The van der Waals surface area contributed by atoms with Crippen LogP contribution in [0, 0.1) is 0 Å². The molecule has 1 aliphatic rings. The van der Waals surface area contributed by atoms with Crippen LogP contribution in [0.5, 0.6) is 0 Å². The number of amides is 1. The monoisotopic (exact) mass is 282 g/mol. The molecular weight excluding hydrogens is 272 g/mol. The molecule has 0 aliphatic carbocycles. The van der Waals surface area contributed by atoms with Crippen LogP contribution in [0.25, 0.3) is 11.2 Å². The van der Waals surface area contributed by atoms with Gasteiger partial charge >= 0.3 is 0 Å². The Bertz CT molecular complexity index is 609. The molecule has 0 bridgehead atoms. The number of nitrogens with zero attached hydrogens (tertiary/aromatic N) is 3. The van der Waals surface area contributed by atoms with Crippen molar-refractivity contribution in [1.82, 2.24) is 25.3 Å². The van der Waals surface area contributed by atoms with Crippen LogP contribution >= 0.6 is 11.6 Å². The van der Waals surface area contributed by atoms with Crippen molar-refractivity contribution in [1.29, 1.82) is 0 Å². The zero-order chi connectivity index (χ0) is 13.2. The highest BCUT2D eigenvalue weighted by Gasteiger charge is 2.23. The predicted molar refractivity (Wildman–Crippen MR) is 67.9 cm³/mol. The van der Waals surface area contributed by atoms with Crippen LogP contribution in [-0.2, 0) is 9.53 Å². The van der Waals surface area contributed by atoms with Crippen molar-refractivity contribution in [3.05, 3.63) is 11.5 Å². The number of carbonyl (C=O) groups is 1. The van der Waals surface area contributed by atoms with E-state index < -0.39 is 6.10 Å². The highest BCUT2D eigenvalue weighted by Crippen LogP contribution is 2.18. The van der Waals surface area contributed by atoms with Crippen LogP contribution in [0.15, 0.2) is 6.33 Å². The van der Waals surface area contributed by atoms with Gasteiger partial charge in [-0.25, -0.2) is 4.98 Å². The first-order valence-corrected chi connectivity index (χ1v) is 6.11. The summed E-state index contributed by atoms with van der Waals surface area (Å²) in [5, 5.41) is 5.85. The third-order valence-electron chi connectivity index (χ3n) is 2.70. The Morgan fingerprint density at radius 3 is 3.21 bits per heavy atom. The molecule has 19 heavy (non-hydrogen) atoms. The van der Waals surface area contributed by atoms with Gasteiger partial charge in [-0.3, -0.25) is 10.1 Å². The highest BCUT2D eigenvalue weighted by molar-refractivity contribution is 6.33. The second-order valence-electron chi connectivity index (χ2n) is 3.99. The molecule has 0 saturated carbocycles. The fourth-order valence-corrected chi connectivity index (χ4v) is 2.00. The van der Waals surface area contributed by atoms with Gasteiger partial charge in [0, 0.05) is 13.1 Å². The molecule has 8 nitrogen and oxygen atoms in total. The number of H-pyrrole nitrogens is 1. The van der Waals surface area contributed by atoms with Crippen molar-refractivity contribution >= 4 is 34.6 Å². The third kappa shape index (κ3) is 2.50. The van der Waals surface area contributed by atoms with Gasteiger partial charge in [-0.15, -0.1) is 0 Å². The van der Waals surface area contributed by atoms with Crippen LogP contribution < -0.4 is 10.6 Å². The summed E-state index contributed by atoms with van der Waals surface area (Å²) in [5.74, 6) is -0.193. The minimum Gasteiger partial charge on any atom is -0.366 e. The summed E-state index contributed by atoms with van der Waals surface area (Å²) >= 11 is 5.96. The molecule has 9 heteroatoms. The number of aromatic amines is 1. The summed E-state index contributed by atoms with van der Waals surface area (Å²) in [6.07, 6.45) is 0.913. The zero-order valence-electron chi connectivity index (χ0n) is 9.81. The van der Waals surface area contributed by atoms with Crippen LogP contribution in [0.4, 0.5) is 5.95 Å². The molecule has 1 unspecified atom stereocenters. The van der Waals surface area contributed by atoms with Gasteiger partial charge in [0.2, 0.25) is 5.95 Å².